The van der Waals surface area contributed by atoms with Gasteiger partial charge >= 0.3 is 5.97 Å². The van der Waals surface area contributed by atoms with Gasteiger partial charge in [-0.25, -0.2) is 19.8 Å². The molecular weight excluding hydrogens is 632 g/mol. The van der Waals surface area contributed by atoms with Crippen LogP contribution in [0.3, 0.4) is 0 Å². The number of carbonyl (C=O) groups excluding carboxylic acids is 1. The summed E-state index contributed by atoms with van der Waals surface area (Å²) in [6.45, 7) is 5.94. The van der Waals surface area contributed by atoms with Crippen LogP contribution in [-0.2, 0) is 9.53 Å². The lowest BCUT2D eigenvalue weighted by molar-refractivity contribution is -0.139. The van der Waals surface area contributed by atoms with E-state index in [9.17, 15) is 9.59 Å². The molecule has 1 atom stereocenters. The van der Waals surface area contributed by atoms with Crippen LogP contribution in [-0.4, -0.2) is 40.8 Å². The van der Waals surface area contributed by atoms with Gasteiger partial charge < -0.3 is 18.6 Å². The highest BCUT2D eigenvalue weighted by Gasteiger charge is 2.34. The van der Waals surface area contributed by atoms with Crippen LogP contribution >= 0.6 is 39.0 Å². The minimum atomic E-state index is -0.790. The molecule has 0 fully saturated rings. The zero-order valence-electron chi connectivity index (χ0n) is 22.5. The maximum Gasteiger partial charge on any atom is 0.338 e. The molecule has 1 aliphatic rings. The first kappa shape index (κ1) is 28.8. The van der Waals surface area contributed by atoms with Gasteiger partial charge in [-0.2, -0.15) is 0 Å². The average Bonchev–Trinajstić information content (AvgIpc) is 3.46. The number of rotatable bonds is 9. The van der Waals surface area contributed by atoms with Gasteiger partial charge in [0.1, 0.15) is 5.76 Å². The summed E-state index contributed by atoms with van der Waals surface area (Å²) in [5.74, 6) is 0.961. The molecule has 0 saturated heterocycles. The first-order valence-corrected chi connectivity index (χ1v) is 15.0. The molecule has 212 valence electrons. The molecule has 0 spiro atoms. The monoisotopic (exact) mass is 656 g/mol. The summed E-state index contributed by atoms with van der Waals surface area (Å²) < 4.78 is 25.2. The first-order valence-electron chi connectivity index (χ1n) is 12.6. The quantitative estimate of drug-likeness (QED) is 0.189. The molecule has 3 aromatic heterocycles. The molecule has 0 saturated carbocycles. The van der Waals surface area contributed by atoms with Gasteiger partial charge in [0, 0.05) is 18.5 Å². The third kappa shape index (κ3) is 5.88. The molecule has 0 N–H and O–H groups in total. The van der Waals surface area contributed by atoms with Crippen LogP contribution < -0.4 is 24.4 Å². The summed E-state index contributed by atoms with van der Waals surface area (Å²) in [5, 5.41) is 1.08. The zero-order chi connectivity index (χ0) is 29.1. The summed E-state index contributed by atoms with van der Waals surface area (Å²) in [5.41, 5.74) is 1.08. The molecule has 1 aromatic carbocycles. The molecule has 0 aliphatic carbocycles. The van der Waals surface area contributed by atoms with Crippen LogP contribution in [0.1, 0.15) is 38.1 Å². The van der Waals surface area contributed by atoms with E-state index in [1.165, 1.54) is 27.7 Å². The molecule has 0 amide bonds. The summed E-state index contributed by atoms with van der Waals surface area (Å²) >= 11 is 5.98. The fourth-order valence-electron chi connectivity index (χ4n) is 4.30. The summed E-state index contributed by atoms with van der Waals surface area (Å²) in [4.78, 5) is 40.6. The SMILES string of the molecule is CCOC(=O)C1=C(C)N=c2s/c(=C/c3cc(Br)c(Sc4ncccn4)o3)c(=O)n2[C@@H]1c1ccc(OC)c(OCC)c1. The lowest BCUT2D eigenvalue weighted by atomic mass is 9.95. The highest BCUT2D eigenvalue weighted by molar-refractivity contribution is 9.10. The molecule has 4 aromatic rings. The van der Waals surface area contributed by atoms with Crippen molar-refractivity contribution in [2.45, 2.75) is 37.1 Å². The van der Waals surface area contributed by atoms with Crippen molar-refractivity contribution in [1.29, 1.82) is 0 Å². The van der Waals surface area contributed by atoms with Gasteiger partial charge in [-0.05, 0) is 78.3 Å². The number of carbonyl (C=O) groups is 1. The van der Waals surface area contributed by atoms with Crippen molar-refractivity contribution in [3.63, 3.8) is 0 Å². The number of aromatic nitrogens is 3. The number of furan rings is 1. The highest BCUT2D eigenvalue weighted by Crippen LogP contribution is 2.37. The average molecular weight is 658 g/mol. The lowest BCUT2D eigenvalue weighted by Gasteiger charge is -2.25. The zero-order valence-corrected chi connectivity index (χ0v) is 25.8. The predicted octanol–water partition coefficient (Wildman–Crippen LogP) is 4.50. The van der Waals surface area contributed by atoms with Crippen molar-refractivity contribution < 1.29 is 23.4 Å². The number of methoxy groups -OCH3 is 1. The third-order valence-corrected chi connectivity index (χ3v) is 8.71. The Kier molecular flexibility index (Phi) is 8.76. The number of esters is 1. The molecule has 0 unspecified atom stereocenters. The number of ether oxygens (including phenoxy) is 3. The molecule has 13 heteroatoms. The summed E-state index contributed by atoms with van der Waals surface area (Å²) in [6, 6.07) is 8.06. The molecule has 0 radical (unpaired) electrons. The molecule has 5 rings (SSSR count). The fraction of sp³-hybridized carbons (Fsp3) is 0.250. The van der Waals surface area contributed by atoms with Crippen molar-refractivity contribution in [2.24, 2.45) is 4.99 Å². The second kappa shape index (κ2) is 12.5. The van der Waals surface area contributed by atoms with Crippen LogP contribution in [0.25, 0.3) is 6.08 Å². The van der Waals surface area contributed by atoms with Crippen molar-refractivity contribution in [2.75, 3.05) is 20.3 Å². The van der Waals surface area contributed by atoms with Gasteiger partial charge in [-0.15, -0.1) is 0 Å². The van der Waals surface area contributed by atoms with Crippen LogP contribution in [0.2, 0.25) is 0 Å². The Morgan fingerprint density at radius 2 is 1.98 bits per heavy atom. The minimum Gasteiger partial charge on any atom is -0.493 e. The molecular formula is C28H25BrN4O6S2. The predicted molar refractivity (Wildman–Crippen MR) is 157 cm³/mol. The molecule has 41 heavy (non-hydrogen) atoms. The standard InChI is InChI=1S/C28H25BrN4O6S2/c1-5-37-20-12-16(8-9-19(20)36-4)23-22(25(35)38-6-2)15(3)32-28-33(23)24(34)21(40-28)14-17-13-18(29)26(39-17)41-27-30-10-7-11-31-27/h7-14,23H,5-6H2,1-4H3/b21-14+/t23-/m1/s1. The number of halogens is 1. The number of thiazole rings is 1. The first-order chi connectivity index (χ1) is 19.8. The van der Waals surface area contributed by atoms with E-state index in [1.54, 1.807) is 69.8 Å². The second-order valence-electron chi connectivity index (χ2n) is 8.56. The van der Waals surface area contributed by atoms with E-state index in [1.807, 2.05) is 6.92 Å². The van der Waals surface area contributed by atoms with Crippen molar-refractivity contribution in [3.8, 4) is 11.5 Å². The van der Waals surface area contributed by atoms with Crippen LogP contribution in [0.5, 0.6) is 11.5 Å². The molecule has 0 bridgehead atoms. The van der Waals surface area contributed by atoms with E-state index in [2.05, 4.69) is 30.9 Å². The van der Waals surface area contributed by atoms with Gasteiger partial charge in [0.15, 0.2) is 26.5 Å². The largest absolute Gasteiger partial charge is 0.493 e. The second-order valence-corrected chi connectivity index (χ2v) is 11.4. The number of allylic oxidation sites excluding steroid dienone is 1. The Morgan fingerprint density at radius 3 is 2.68 bits per heavy atom. The maximum absolute atomic E-state index is 13.9. The smallest absolute Gasteiger partial charge is 0.338 e. The Labute approximate surface area is 251 Å². The number of benzene rings is 1. The normalized spacial score (nSPS) is 15.0. The van der Waals surface area contributed by atoms with Crippen LogP contribution in [0.15, 0.2) is 82.9 Å². The van der Waals surface area contributed by atoms with E-state index in [4.69, 9.17) is 18.6 Å². The number of nitrogens with zero attached hydrogens (tertiary/aromatic N) is 4. The number of hydrogen-bond acceptors (Lipinski definition) is 11. The summed E-state index contributed by atoms with van der Waals surface area (Å²) in [7, 11) is 1.55. The van der Waals surface area contributed by atoms with Crippen LogP contribution in [0, 0.1) is 0 Å². The van der Waals surface area contributed by atoms with E-state index in [-0.39, 0.29) is 17.7 Å². The van der Waals surface area contributed by atoms with Crippen LogP contribution in [0.4, 0.5) is 0 Å². The maximum atomic E-state index is 13.9. The van der Waals surface area contributed by atoms with E-state index in [0.29, 0.717) is 59.2 Å². The Bertz CT molecular complexity index is 1810. The minimum absolute atomic E-state index is 0.182. The van der Waals surface area contributed by atoms with Gasteiger partial charge in [0.2, 0.25) is 0 Å². The fourth-order valence-corrected chi connectivity index (χ4v) is 6.56. The van der Waals surface area contributed by atoms with E-state index < -0.39 is 12.0 Å². The van der Waals surface area contributed by atoms with Gasteiger partial charge in [0.25, 0.3) is 5.56 Å². The Morgan fingerprint density at radius 1 is 1.20 bits per heavy atom. The Hall–Kier alpha value is -3.68. The van der Waals surface area contributed by atoms with E-state index in [0.717, 1.165) is 0 Å². The molecule has 1 aliphatic heterocycles. The van der Waals surface area contributed by atoms with Gasteiger partial charge in [-0.3, -0.25) is 9.36 Å². The lowest BCUT2D eigenvalue weighted by Crippen LogP contribution is -2.39. The third-order valence-electron chi connectivity index (χ3n) is 5.99. The van der Waals surface area contributed by atoms with Crippen molar-refractivity contribution in [1.82, 2.24) is 14.5 Å². The van der Waals surface area contributed by atoms with Gasteiger partial charge in [-0.1, -0.05) is 17.4 Å². The topological polar surface area (TPSA) is 118 Å². The van der Waals surface area contributed by atoms with Crippen molar-refractivity contribution in [3.05, 3.63) is 89.5 Å². The summed E-state index contributed by atoms with van der Waals surface area (Å²) in [6.07, 6.45) is 4.96. The van der Waals surface area contributed by atoms with Crippen molar-refractivity contribution >= 4 is 51.1 Å². The Balaban J connectivity index is 1.63. The molecule has 4 heterocycles. The van der Waals surface area contributed by atoms with E-state index >= 15 is 0 Å². The number of fused-ring (bicyclic) bond motifs is 1. The van der Waals surface area contributed by atoms with Gasteiger partial charge in [0.05, 0.1) is 46.6 Å². The number of hydrogen-bond donors (Lipinski definition) is 0. The molecule has 10 nitrogen and oxygen atoms in total. The highest BCUT2D eigenvalue weighted by atomic mass is 79.9.